The molecule has 0 spiro atoms. The normalized spacial score (nSPS) is 35.1. The Balaban J connectivity index is 2.05. The molecule has 5 nitrogen and oxygen atoms in total. The van der Waals surface area contributed by atoms with Gasteiger partial charge in [-0.25, -0.2) is 0 Å². The third kappa shape index (κ3) is 2.97. The topological polar surface area (TPSA) is 60.7 Å². The fraction of sp³-hybridized carbons (Fsp3) is 0.800. The number of nitriles is 1. The lowest BCUT2D eigenvalue weighted by Crippen LogP contribution is -2.65. The third-order valence-corrected chi connectivity index (χ3v) is 3.54. The van der Waals surface area contributed by atoms with Crippen LogP contribution in [0.5, 0.6) is 0 Å². The molecule has 1 unspecified atom stereocenters. The summed E-state index contributed by atoms with van der Waals surface area (Å²) in [6.07, 6.45) is 2.27. The van der Waals surface area contributed by atoms with Gasteiger partial charge in [0, 0.05) is 13.0 Å². The van der Waals surface area contributed by atoms with Crippen molar-refractivity contribution in [2.45, 2.75) is 45.2 Å². The van der Waals surface area contributed by atoms with Gasteiger partial charge in [0.05, 0.1) is 31.3 Å². The average molecular weight is 279 g/mol. The van der Waals surface area contributed by atoms with E-state index in [1.807, 2.05) is 6.92 Å². The van der Waals surface area contributed by atoms with Crippen LogP contribution >= 0.6 is 0 Å². The molecule has 0 aromatic carbocycles. The van der Waals surface area contributed by atoms with Crippen molar-refractivity contribution >= 4 is 0 Å². The van der Waals surface area contributed by atoms with Crippen LogP contribution in [0.4, 0.5) is 0 Å². The minimum absolute atomic E-state index is 0.369. The quantitative estimate of drug-likeness (QED) is 0.567. The Kier molecular flexibility index (Phi) is 5.01. The third-order valence-electron chi connectivity index (χ3n) is 3.54. The lowest BCUT2D eigenvalue weighted by Gasteiger charge is -2.51. The van der Waals surface area contributed by atoms with E-state index in [0.717, 1.165) is 19.3 Å². The van der Waals surface area contributed by atoms with Crippen LogP contribution in [-0.2, 0) is 18.9 Å². The smallest absolute Gasteiger partial charge is 0.354 e. The van der Waals surface area contributed by atoms with E-state index in [2.05, 4.69) is 24.8 Å². The summed E-state index contributed by atoms with van der Waals surface area (Å²) in [5, 5.41) is 9.31. The monoisotopic (exact) mass is 279 g/mol. The second kappa shape index (κ2) is 6.56. The summed E-state index contributed by atoms with van der Waals surface area (Å²) < 4.78 is 22.3. The molecule has 3 rings (SSSR count). The molecule has 3 aliphatic heterocycles. The van der Waals surface area contributed by atoms with Crippen LogP contribution in [0.3, 0.4) is 0 Å². The summed E-state index contributed by atoms with van der Waals surface area (Å²) in [6, 6.07) is 2.18. The predicted molar refractivity (Wildman–Crippen MR) is 71.3 cm³/mol. The summed E-state index contributed by atoms with van der Waals surface area (Å²) in [6.45, 7) is 5.73. The molecule has 0 N–H and O–H groups in total. The number of hydrogen-bond acceptors (Lipinski definition) is 5. The van der Waals surface area contributed by atoms with Crippen LogP contribution in [0.1, 0.15) is 33.1 Å². The Morgan fingerprint density at radius 2 is 2.05 bits per heavy atom. The Labute approximate surface area is 120 Å². The van der Waals surface area contributed by atoms with Crippen LogP contribution in [0.25, 0.3) is 0 Å². The van der Waals surface area contributed by atoms with Gasteiger partial charge < -0.3 is 14.2 Å². The standard InChI is InChI=1S/C15H21NO4/c1-3-5-6-7-8-15-18-11-14(12-19-15,10-17-4-2)13(9-16)20-15/h13H,3-6,10-12H2,1-2H3. The molecule has 0 amide bonds. The van der Waals surface area contributed by atoms with Gasteiger partial charge in [0.1, 0.15) is 0 Å². The molecular weight excluding hydrogens is 258 g/mol. The van der Waals surface area contributed by atoms with Gasteiger partial charge in [-0.05, 0) is 19.3 Å². The van der Waals surface area contributed by atoms with E-state index in [-0.39, 0.29) is 0 Å². The van der Waals surface area contributed by atoms with Crippen LogP contribution in [-0.4, -0.2) is 38.5 Å². The SMILES string of the molecule is CCCCC#CC12OCC(COCC)(CO1)C(C#N)O2. The summed E-state index contributed by atoms with van der Waals surface area (Å²) in [5.74, 6) is 4.53. The average Bonchev–Trinajstić information content (AvgIpc) is 2.51. The molecule has 0 saturated carbocycles. The molecule has 5 heteroatoms. The minimum Gasteiger partial charge on any atom is -0.381 e. The van der Waals surface area contributed by atoms with Gasteiger partial charge in [-0.3, -0.25) is 4.74 Å². The summed E-state index contributed by atoms with van der Waals surface area (Å²) in [4.78, 5) is 0. The number of hydrogen-bond donors (Lipinski definition) is 0. The van der Waals surface area contributed by atoms with Gasteiger partial charge in [-0.2, -0.15) is 5.26 Å². The van der Waals surface area contributed by atoms with Crippen molar-refractivity contribution in [2.75, 3.05) is 26.4 Å². The Bertz CT molecular complexity index is 423. The van der Waals surface area contributed by atoms with Crippen LogP contribution < -0.4 is 0 Å². The molecule has 0 radical (unpaired) electrons. The zero-order valence-corrected chi connectivity index (χ0v) is 12.1. The summed E-state index contributed by atoms with van der Waals surface area (Å²) in [5.41, 5.74) is -0.544. The zero-order valence-electron chi connectivity index (χ0n) is 12.1. The molecule has 0 aromatic heterocycles. The van der Waals surface area contributed by atoms with Crippen molar-refractivity contribution in [3.8, 4) is 17.9 Å². The molecular formula is C15H21NO4. The molecule has 0 aliphatic carbocycles. The lowest BCUT2D eigenvalue weighted by atomic mass is 9.82. The van der Waals surface area contributed by atoms with Crippen molar-refractivity contribution in [3.63, 3.8) is 0 Å². The van der Waals surface area contributed by atoms with E-state index in [9.17, 15) is 5.26 Å². The van der Waals surface area contributed by atoms with Gasteiger partial charge in [0.15, 0.2) is 6.10 Å². The van der Waals surface area contributed by atoms with Gasteiger partial charge >= 0.3 is 5.97 Å². The van der Waals surface area contributed by atoms with Gasteiger partial charge in [-0.1, -0.05) is 19.3 Å². The highest BCUT2D eigenvalue weighted by molar-refractivity contribution is 5.15. The van der Waals surface area contributed by atoms with Crippen molar-refractivity contribution in [1.82, 2.24) is 0 Å². The van der Waals surface area contributed by atoms with Crippen LogP contribution in [0.15, 0.2) is 0 Å². The fourth-order valence-electron chi connectivity index (χ4n) is 2.23. The number of fused-ring (bicyclic) bond motifs is 3. The second-order valence-corrected chi connectivity index (χ2v) is 5.17. The highest BCUT2D eigenvalue weighted by Gasteiger charge is 2.58. The first-order valence-electron chi connectivity index (χ1n) is 7.13. The number of rotatable bonds is 5. The first-order chi connectivity index (χ1) is 9.70. The predicted octanol–water partition coefficient (Wildman–Crippen LogP) is 1.83. The fourth-order valence-corrected chi connectivity index (χ4v) is 2.23. The molecule has 2 bridgehead atoms. The molecule has 3 heterocycles. The maximum absolute atomic E-state index is 9.31. The van der Waals surface area contributed by atoms with Crippen LogP contribution in [0.2, 0.25) is 0 Å². The van der Waals surface area contributed by atoms with E-state index in [4.69, 9.17) is 18.9 Å². The maximum Gasteiger partial charge on any atom is 0.354 e. The first-order valence-corrected chi connectivity index (χ1v) is 7.13. The Hall–Kier alpha value is -1.11. The highest BCUT2D eigenvalue weighted by atomic mass is 16.9. The first kappa shape index (κ1) is 15.3. The largest absolute Gasteiger partial charge is 0.381 e. The summed E-state index contributed by atoms with van der Waals surface area (Å²) >= 11 is 0. The van der Waals surface area contributed by atoms with Gasteiger partial charge in [-0.15, -0.1) is 0 Å². The van der Waals surface area contributed by atoms with E-state index >= 15 is 0 Å². The van der Waals surface area contributed by atoms with E-state index in [1.54, 1.807) is 0 Å². The molecule has 3 fully saturated rings. The van der Waals surface area contributed by atoms with Gasteiger partial charge in [0.25, 0.3) is 0 Å². The molecule has 20 heavy (non-hydrogen) atoms. The van der Waals surface area contributed by atoms with Crippen molar-refractivity contribution in [3.05, 3.63) is 0 Å². The van der Waals surface area contributed by atoms with Crippen molar-refractivity contribution < 1.29 is 18.9 Å². The molecule has 3 saturated heterocycles. The minimum atomic E-state index is -1.36. The summed E-state index contributed by atoms with van der Waals surface area (Å²) in [7, 11) is 0. The molecule has 0 aromatic rings. The lowest BCUT2D eigenvalue weighted by molar-refractivity contribution is -0.455. The molecule has 3 aliphatic rings. The molecule has 1 atom stereocenters. The highest BCUT2D eigenvalue weighted by Crippen LogP contribution is 2.42. The van der Waals surface area contributed by atoms with E-state index in [0.29, 0.717) is 26.4 Å². The zero-order chi connectivity index (χ0) is 14.5. The number of unbranched alkanes of at least 4 members (excludes halogenated alkanes) is 2. The van der Waals surface area contributed by atoms with E-state index < -0.39 is 17.5 Å². The maximum atomic E-state index is 9.31. The van der Waals surface area contributed by atoms with Crippen molar-refractivity contribution in [1.29, 1.82) is 5.26 Å². The number of ether oxygens (including phenoxy) is 4. The van der Waals surface area contributed by atoms with Crippen LogP contribution in [0, 0.1) is 28.6 Å². The van der Waals surface area contributed by atoms with Gasteiger partial charge in [0.2, 0.25) is 0 Å². The van der Waals surface area contributed by atoms with Crippen molar-refractivity contribution in [2.24, 2.45) is 5.41 Å². The Morgan fingerprint density at radius 1 is 1.30 bits per heavy atom. The molecule has 110 valence electrons. The van der Waals surface area contributed by atoms with E-state index in [1.165, 1.54) is 0 Å². The second-order valence-electron chi connectivity index (χ2n) is 5.17. The number of nitrogens with zero attached hydrogens (tertiary/aromatic N) is 1. The Morgan fingerprint density at radius 3 is 2.65 bits per heavy atom.